The van der Waals surface area contributed by atoms with E-state index >= 15 is 0 Å². The van der Waals surface area contributed by atoms with E-state index in [1.165, 1.54) is 13.3 Å². The summed E-state index contributed by atoms with van der Waals surface area (Å²) >= 11 is 0. The first-order valence-electron chi connectivity index (χ1n) is 4.52. The molecule has 16 heavy (non-hydrogen) atoms. The highest BCUT2D eigenvalue weighted by Gasteiger charge is 2.03. The second kappa shape index (κ2) is 5.69. The van der Waals surface area contributed by atoms with Crippen LogP contribution in [-0.2, 0) is 9.53 Å². The zero-order valence-electron chi connectivity index (χ0n) is 9.01. The Bertz CT molecular complexity index is 386. The van der Waals surface area contributed by atoms with Gasteiger partial charge >= 0.3 is 5.97 Å². The third kappa shape index (κ3) is 3.23. The molecule has 1 rings (SSSR count). The Morgan fingerprint density at radius 1 is 1.56 bits per heavy atom. The number of rotatable bonds is 4. The van der Waals surface area contributed by atoms with E-state index in [9.17, 15) is 4.79 Å². The van der Waals surface area contributed by atoms with Gasteiger partial charge in [-0.05, 0) is 13.0 Å². The molecule has 0 spiro atoms. The van der Waals surface area contributed by atoms with Gasteiger partial charge in [0.25, 0.3) is 0 Å². The van der Waals surface area contributed by atoms with Gasteiger partial charge in [-0.2, -0.15) is 0 Å². The van der Waals surface area contributed by atoms with E-state index in [0.29, 0.717) is 17.2 Å². The van der Waals surface area contributed by atoms with Crippen LogP contribution >= 0.6 is 0 Å². The molecule has 0 aliphatic carbocycles. The predicted octanol–water partition coefficient (Wildman–Crippen LogP) is 0.832. The van der Waals surface area contributed by atoms with Crippen molar-refractivity contribution in [1.82, 2.24) is 4.98 Å². The molecule has 6 nitrogen and oxygen atoms in total. The quantitative estimate of drug-likeness (QED) is 0.354. The van der Waals surface area contributed by atoms with Gasteiger partial charge in [-0.1, -0.05) is 5.16 Å². The molecule has 0 unspecified atom stereocenters. The van der Waals surface area contributed by atoms with Gasteiger partial charge < -0.3 is 14.7 Å². The number of esters is 1. The molecule has 0 bridgehead atoms. The molecular weight excluding hydrogens is 212 g/mol. The van der Waals surface area contributed by atoms with Crippen LogP contribution in [0.3, 0.4) is 0 Å². The number of ether oxygens (including phenoxy) is 2. The van der Waals surface area contributed by atoms with Crippen LogP contribution in [0.4, 0.5) is 0 Å². The molecule has 1 aromatic rings. The van der Waals surface area contributed by atoms with Crippen LogP contribution in [0.1, 0.15) is 12.5 Å². The normalized spacial score (nSPS) is 11.0. The van der Waals surface area contributed by atoms with Crippen LogP contribution in [0, 0.1) is 0 Å². The molecule has 0 radical (unpaired) electrons. The molecule has 1 aromatic heterocycles. The second-order valence-electron chi connectivity index (χ2n) is 2.94. The average Bonchev–Trinajstić information content (AvgIpc) is 2.35. The smallest absolute Gasteiger partial charge is 0.343 e. The predicted molar refractivity (Wildman–Crippen MR) is 55.7 cm³/mol. The summed E-state index contributed by atoms with van der Waals surface area (Å²) in [7, 11) is 1.28. The van der Waals surface area contributed by atoms with E-state index in [1.54, 1.807) is 19.1 Å². The minimum Gasteiger partial charge on any atom is -0.466 e. The van der Waals surface area contributed by atoms with E-state index in [1.807, 2.05) is 0 Å². The maximum Gasteiger partial charge on any atom is 0.343 e. The third-order valence-corrected chi connectivity index (χ3v) is 1.87. The summed E-state index contributed by atoms with van der Waals surface area (Å²) in [5.41, 5.74) is 1.12. The number of hydrogen-bond donors (Lipinski definition) is 1. The van der Waals surface area contributed by atoms with Crippen LogP contribution in [0.2, 0.25) is 0 Å². The number of carbonyl (C=O) groups excluding carboxylic acids is 1. The first-order chi connectivity index (χ1) is 7.67. The Labute approximate surface area is 92.5 Å². The van der Waals surface area contributed by atoms with Crippen molar-refractivity contribution in [2.24, 2.45) is 5.16 Å². The number of pyridine rings is 1. The van der Waals surface area contributed by atoms with Crippen molar-refractivity contribution in [3.63, 3.8) is 0 Å². The van der Waals surface area contributed by atoms with Crippen molar-refractivity contribution >= 4 is 11.7 Å². The lowest BCUT2D eigenvalue weighted by molar-refractivity contribution is -0.143. The summed E-state index contributed by atoms with van der Waals surface area (Å²) < 4.78 is 9.45. The molecule has 0 saturated heterocycles. The third-order valence-electron chi connectivity index (χ3n) is 1.87. The van der Waals surface area contributed by atoms with Gasteiger partial charge in [-0.3, -0.25) is 0 Å². The van der Waals surface area contributed by atoms with Crippen LogP contribution < -0.4 is 4.74 Å². The second-order valence-corrected chi connectivity index (χ2v) is 2.94. The van der Waals surface area contributed by atoms with Crippen molar-refractivity contribution in [3.05, 3.63) is 23.9 Å². The zero-order valence-corrected chi connectivity index (χ0v) is 9.01. The Morgan fingerprint density at radius 3 is 2.81 bits per heavy atom. The molecule has 0 fully saturated rings. The van der Waals surface area contributed by atoms with Crippen LogP contribution in [-0.4, -0.2) is 35.6 Å². The molecule has 1 N–H and O–H groups in total. The first kappa shape index (κ1) is 12.0. The molecule has 0 aliphatic rings. The molecule has 6 heteroatoms. The highest BCUT2D eigenvalue weighted by atomic mass is 16.6. The van der Waals surface area contributed by atoms with Crippen molar-refractivity contribution in [2.45, 2.75) is 6.92 Å². The summed E-state index contributed by atoms with van der Waals surface area (Å²) in [6.45, 7) is 1.46. The van der Waals surface area contributed by atoms with Crippen molar-refractivity contribution in [2.75, 3.05) is 13.7 Å². The molecule has 0 amide bonds. The fraction of sp³-hybridized carbons (Fsp3) is 0.300. The topological polar surface area (TPSA) is 81.0 Å². The standard InChI is InChI=1S/C10H12N2O4/c1-7(12-14)8-3-4-9(11-5-8)16-6-10(13)15-2/h3-5,14H,6H2,1-2H3. The van der Waals surface area contributed by atoms with Gasteiger partial charge in [0.05, 0.1) is 12.8 Å². The summed E-state index contributed by atoms with van der Waals surface area (Å²) in [5, 5.41) is 11.6. The van der Waals surface area contributed by atoms with Crippen molar-refractivity contribution in [3.8, 4) is 5.88 Å². The summed E-state index contributed by atoms with van der Waals surface area (Å²) in [6.07, 6.45) is 1.49. The largest absolute Gasteiger partial charge is 0.466 e. The van der Waals surface area contributed by atoms with Gasteiger partial charge in [0.1, 0.15) is 0 Å². The van der Waals surface area contributed by atoms with Crippen molar-refractivity contribution < 1.29 is 19.5 Å². The Hall–Kier alpha value is -2.11. The number of carbonyl (C=O) groups is 1. The van der Waals surface area contributed by atoms with E-state index in [4.69, 9.17) is 9.94 Å². The maximum absolute atomic E-state index is 10.8. The molecule has 0 aromatic carbocycles. The zero-order chi connectivity index (χ0) is 12.0. The number of hydrogen-bond acceptors (Lipinski definition) is 6. The summed E-state index contributed by atoms with van der Waals surface area (Å²) in [5.74, 6) is -0.168. The lowest BCUT2D eigenvalue weighted by Crippen LogP contribution is -2.13. The molecule has 0 atom stereocenters. The summed E-state index contributed by atoms with van der Waals surface area (Å²) in [6, 6.07) is 3.25. The minimum absolute atomic E-state index is 0.185. The van der Waals surface area contributed by atoms with Gasteiger partial charge in [0, 0.05) is 17.8 Å². The Balaban J connectivity index is 2.61. The van der Waals surface area contributed by atoms with Gasteiger partial charge in [-0.15, -0.1) is 0 Å². The van der Waals surface area contributed by atoms with E-state index < -0.39 is 5.97 Å². The monoisotopic (exact) mass is 224 g/mol. The highest BCUT2D eigenvalue weighted by Crippen LogP contribution is 2.08. The molecule has 1 heterocycles. The number of nitrogens with zero attached hydrogens (tertiary/aromatic N) is 2. The van der Waals surface area contributed by atoms with Gasteiger partial charge in [0.2, 0.25) is 5.88 Å². The average molecular weight is 224 g/mol. The lowest BCUT2D eigenvalue weighted by atomic mass is 10.2. The van der Waals surface area contributed by atoms with Crippen LogP contribution in [0.5, 0.6) is 5.88 Å². The maximum atomic E-state index is 10.8. The van der Waals surface area contributed by atoms with E-state index in [-0.39, 0.29) is 6.61 Å². The van der Waals surface area contributed by atoms with Crippen LogP contribution in [0.15, 0.2) is 23.5 Å². The molecule has 0 saturated carbocycles. The van der Waals surface area contributed by atoms with Gasteiger partial charge in [0.15, 0.2) is 6.61 Å². The van der Waals surface area contributed by atoms with Crippen LogP contribution in [0.25, 0.3) is 0 Å². The number of aromatic nitrogens is 1. The number of oxime groups is 1. The Morgan fingerprint density at radius 2 is 2.31 bits per heavy atom. The fourth-order valence-corrected chi connectivity index (χ4v) is 0.929. The SMILES string of the molecule is COC(=O)COc1ccc(C(C)=NO)cn1. The molecule has 0 aliphatic heterocycles. The van der Waals surface area contributed by atoms with Crippen molar-refractivity contribution in [1.29, 1.82) is 0 Å². The van der Waals surface area contributed by atoms with Gasteiger partial charge in [-0.25, -0.2) is 9.78 Å². The first-order valence-corrected chi connectivity index (χ1v) is 4.52. The lowest BCUT2D eigenvalue weighted by Gasteiger charge is -2.04. The minimum atomic E-state index is -0.473. The molecule has 86 valence electrons. The molecular formula is C10H12N2O4. The Kier molecular flexibility index (Phi) is 4.26. The summed E-state index contributed by atoms with van der Waals surface area (Å²) in [4.78, 5) is 14.7. The van der Waals surface area contributed by atoms with E-state index in [2.05, 4.69) is 14.9 Å². The number of methoxy groups -OCH3 is 1. The fourth-order valence-electron chi connectivity index (χ4n) is 0.929. The highest BCUT2D eigenvalue weighted by molar-refractivity contribution is 5.97. The van der Waals surface area contributed by atoms with E-state index in [0.717, 1.165) is 0 Å².